The maximum Gasteiger partial charge on any atom is 0.124 e. The fourth-order valence-electron chi connectivity index (χ4n) is 1.88. The average Bonchev–Trinajstić information content (AvgIpc) is 2.39. The van der Waals surface area contributed by atoms with E-state index in [1.807, 2.05) is 51.1 Å². The van der Waals surface area contributed by atoms with Crippen LogP contribution in [0.5, 0.6) is 5.75 Å². The van der Waals surface area contributed by atoms with Crippen molar-refractivity contribution >= 4 is 5.69 Å². The molecule has 0 aliphatic carbocycles. The summed E-state index contributed by atoms with van der Waals surface area (Å²) in [5.74, 6) is 0.937. The molecule has 0 bridgehead atoms. The van der Waals surface area contributed by atoms with E-state index in [-0.39, 0.29) is 6.10 Å². The molecule has 0 radical (unpaired) electrons. The zero-order valence-electron chi connectivity index (χ0n) is 11.7. The van der Waals surface area contributed by atoms with Gasteiger partial charge in [0.05, 0.1) is 17.5 Å². The van der Waals surface area contributed by atoms with Gasteiger partial charge >= 0.3 is 0 Å². The number of anilines is 1. The van der Waals surface area contributed by atoms with Crippen LogP contribution in [-0.2, 0) is 6.54 Å². The Morgan fingerprint density at radius 1 is 1.16 bits per heavy atom. The van der Waals surface area contributed by atoms with E-state index in [0.29, 0.717) is 0 Å². The number of ether oxygens (including phenoxy) is 1. The smallest absolute Gasteiger partial charge is 0.124 e. The Bertz CT molecular complexity index is 538. The van der Waals surface area contributed by atoms with Crippen LogP contribution in [-0.4, -0.2) is 11.1 Å². The number of aromatic nitrogens is 1. The van der Waals surface area contributed by atoms with Crippen molar-refractivity contribution < 1.29 is 4.74 Å². The van der Waals surface area contributed by atoms with E-state index in [4.69, 9.17) is 4.74 Å². The number of nitrogens with zero attached hydrogens (tertiary/aromatic N) is 1. The zero-order valence-corrected chi connectivity index (χ0v) is 11.7. The number of aryl methyl sites for hydroxylation is 1. The highest BCUT2D eigenvalue weighted by molar-refractivity contribution is 5.48. The molecule has 0 saturated heterocycles. The molecule has 0 fully saturated rings. The highest BCUT2D eigenvalue weighted by Crippen LogP contribution is 2.21. The number of pyridine rings is 1. The van der Waals surface area contributed by atoms with Gasteiger partial charge in [-0.05, 0) is 39.0 Å². The molecule has 3 heteroatoms. The summed E-state index contributed by atoms with van der Waals surface area (Å²) >= 11 is 0. The van der Waals surface area contributed by atoms with Crippen LogP contribution in [0.3, 0.4) is 0 Å². The number of rotatable bonds is 5. The molecule has 0 aliphatic heterocycles. The molecule has 2 rings (SSSR count). The number of nitrogens with one attached hydrogen (secondary N) is 1. The molecule has 1 aromatic heterocycles. The Kier molecular flexibility index (Phi) is 4.39. The summed E-state index contributed by atoms with van der Waals surface area (Å²) in [5, 5.41) is 3.40. The van der Waals surface area contributed by atoms with Crippen LogP contribution < -0.4 is 10.1 Å². The standard InChI is InChI=1S/C16H20N2O/c1-12(2)19-16-9-5-4-7-14(16)11-18-15-8-6-10-17-13(15)3/h4-10,12,18H,11H2,1-3H3. The molecule has 0 aliphatic rings. The second-order valence-corrected chi connectivity index (χ2v) is 4.76. The van der Waals surface area contributed by atoms with E-state index < -0.39 is 0 Å². The largest absolute Gasteiger partial charge is 0.491 e. The second kappa shape index (κ2) is 6.23. The highest BCUT2D eigenvalue weighted by atomic mass is 16.5. The van der Waals surface area contributed by atoms with Crippen LogP contribution in [0.4, 0.5) is 5.69 Å². The molecule has 3 nitrogen and oxygen atoms in total. The maximum absolute atomic E-state index is 5.81. The molecule has 100 valence electrons. The van der Waals surface area contributed by atoms with Crippen LogP contribution in [0.25, 0.3) is 0 Å². The molecule has 1 aromatic carbocycles. The minimum atomic E-state index is 0.182. The van der Waals surface area contributed by atoms with Crippen molar-refractivity contribution in [3.8, 4) is 5.75 Å². The first-order chi connectivity index (χ1) is 9.16. The Labute approximate surface area is 114 Å². The van der Waals surface area contributed by atoms with Crippen molar-refractivity contribution in [3.63, 3.8) is 0 Å². The lowest BCUT2D eigenvalue weighted by Gasteiger charge is -2.15. The normalized spacial score (nSPS) is 10.5. The number of para-hydroxylation sites is 1. The van der Waals surface area contributed by atoms with Gasteiger partial charge in [-0.1, -0.05) is 18.2 Å². The van der Waals surface area contributed by atoms with Gasteiger partial charge in [0.2, 0.25) is 0 Å². The summed E-state index contributed by atoms with van der Waals surface area (Å²) in [5.41, 5.74) is 3.21. The van der Waals surface area contributed by atoms with E-state index in [1.54, 1.807) is 6.20 Å². The van der Waals surface area contributed by atoms with E-state index in [9.17, 15) is 0 Å². The van der Waals surface area contributed by atoms with Gasteiger partial charge in [-0.15, -0.1) is 0 Å². The third-order valence-corrected chi connectivity index (χ3v) is 2.81. The van der Waals surface area contributed by atoms with Crippen molar-refractivity contribution in [2.24, 2.45) is 0 Å². The lowest BCUT2D eigenvalue weighted by molar-refractivity contribution is 0.240. The number of hydrogen-bond donors (Lipinski definition) is 1. The summed E-state index contributed by atoms with van der Waals surface area (Å²) in [4.78, 5) is 4.27. The Morgan fingerprint density at radius 3 is 2.68 bits per heavy atom. The van der Waals surface area contributed by atoms with Gasteiger partial charge < -0.3 is 10.1 Å². The van der Waals surface area contributed by atoms with Gasteiger partial charge in [-0.3, -0.25) is 4.98 Å². The lowest BCUT2D eigenvalue weighted by Crippen LogP contribution is -2.09. The molecular formula is C16H20N2O. The molecule has 19 heavy (non-hydrogen) atoms. The van der Waals surface area contributed by atoms with Crippen molar-refractivity contribution in [3.05, 3.63) is 53.9 Å². The molecular weight excluding hydrogens is 236 g/mol. The first-order valence-electron chi connectivity index (χ1n) is 6.57. The highest BCUT2D eigenvalue weighted by Gasteiger charge is 2.05. The minimum absolute atomic E-state index is 0.182. The zero-order chi connectivity index (χ0) is 13.7. The topological polar surface area (TPSA) is 34.2 Å². The third kappa shape index (κ3) is 3.71. The summed E-state index contributed by atoms with van der Waals surface area (Å²) in [6.45, 7) is 6.80. The monoisotopic (exact) mass is 256 g/mol. The molecule has 2 aromatic rings. The molecule has 0 atom stereocenters. The quantitative estimate of drug-likeness (QED) is 0.883. The fourth-order valence-corrected chi connectivity index (χ4v) is 1.88. The van der Waals surface area contributed by atoms with Gasteiger partial charge in [0, 0.05) is 18.3 Å². The van der Waals surface area contributed by atoms with Crippen molar-refractivity contribution in [1.82, 2.24) is 4.98 Å². The maximum atomic E-state index is 5.81. The first kappa shape index (κ1) is 13.4. The van der Waals surface area contributed by atoms with Crippen LogP contribution in [0.2, 0.25) is 0 Å². The van der Waals surface area contributed by atoms with Crippen LogP contribution in [0.1, 0.15) is 25.1 Å². The van der Waals surface area contributed by atoms with Gasteiger partial charge in [0.1, 0.15) is 5.75 Å². The molecule has 0 saturated carbocycles. The Morgan fingerprint density at radius 2 is 1.95 bits per heavy atom. The molecule has 0 amide bonds. The number of benzene rings is 1. The lowest BCUT2D eigenvalue weighted by atomic mass is 10.2. The fraction of sp³-hybridized carbons (Fsp3) is 0.312. The van der Waals surface area contributed by atoms with Gasteiger partial charge in [0.25, 0.3) is 0 Å². The van der Waals surface area contributed by atoms with Gasteiger partial charge in [-0.25, -0.2) is 0 Å². The van der Waals surface area contributed by atoms with Crippen LogP contribution >= 0.6 is 0 Å². The van der Waals surface area contributed by atoms with Crippen molar-refractivity contribution in [1.29, 1.82) is 0 Å². The van der Waals surface area contributed by atoms with E-state index >= 15 is 0 Å². The predicted molar refractivity (Wildman–Crippen MR) is 78.5 cm³/mol. The number of hydrogen-bond acceptors (Lipinski definition) is 3. The molecule has 1 N–H and O–H groups in total. The Balaban J connectivity index is 2.09. The average molecular weight is 256 g/mol. The van der Waals surface area contributed by atoms with Crippen LogP contribution in [0.15, 0.2) is 42.6 Å². The second-order valence-electron chi connectivity index (χ2n) is 4.76. The Hall–Kier alpha value is -2.03. The van der Waals surface area contributed by atoms with Crippen molar-refractivity contribution in [2.45, 2.75) is 33.4 Å². The summed E-state index contributed by atoms with van der Waals surface area (Å²) in [6.07, 6.45) is 1.98. The van der Waals surface area contributed by atoms with Crippen molar-refractivity contribution in [2.75, 3.05) is 5.32 Å². The SMILES string of the molecule is Cc1ncccc1NCc1ccccc1OC(C)C. The van der Waals surface area contributed by atoms with Crippen LogP contribution in [0, 0.1) is 6.92 Å². The summed E-state index contributed by atoms with van der Waals surface area (Å²) in [7, 11) is 0. The molecule has 1 heterocycles. The minimum Gasteiger partial charge on any atom is -0.491 e. The van der Waals surface area contributed by atoms with E-state index in [1.165, 1.54) is 0 Å². The first-order valence-corrected chi connectivity index (χ1v) is 6.57. The van der Waals surface area contributed by atoms with E-state index in [0.717, 1.165) is 29.2 Å². The summed E-state index contributed by atoms with van der Waals surface area (Å²) < 4.78 is 5.81. The van der Waals surface area contributed by atoms with Gasteiger partial charge in [0.15, 0.2) is 0 Å². The third-order valence-electron chi connectivity index (χ3n) is 2.81. The molecule has 0 spiro atoms. The summed E-state index contributed by atoms with van der Waals surface area (Å²) in [6, 6.07) is 12.1. The van der Waals surface area contributed by atoms with Gasteiger partial charge in [-0.2, -0.15) is 0 Å². The predicted octanol–water partition coefficient (Wildman–Crippen LogP) is 3.79. The van der Waals surface area contributed by atoms with E-state index in [2.05, 4.69) is 16.4 Å². The molecule has 0 unspecified atom stereocenters.